The predicted molar refractivity (Wildman–Crippen MR) is 93.9 cm³/mol. The van der Waals surface area contributed by atoms with Gasteiger partial charge in [0.15, 0.2) is 5.78 Å². The first-order chi connectivity index (χ1) is 10.7. The number of thioether (sulfide) groups is 1. The molecule has 0 amide bonds. The fourth-order valence-electron chi connectivity index (χ4n) is 2.66. The van der Waals surface area contributed by atoms with Crippen LogP contribution in [0.15, 0.2) is 35.8 Å². The quantitative estimate of drug-likeness (QED) is 0.780. The number of ketones is 1. The van der Waals surface area contributed by atoms with Gasteiger partial charge < -0.3 is 0 Å². The largest absolute Gasteiger partial charge is 0.294 e. The first kappa shape index (κ1) is 15.7. The maximum absolute atomic E-state index is 12.3. The molecule has 0 radical (unpaired) electrons. The van der Waals surface area contributed by atoms with Gasteiger partial charge in [-0.3, -0.25) is 9.69 Å². The van der Waals surface area contributed by atoms with E-state index in [1.54, 1.807) is 11.3 Å². The number of carbonyl (C=O) groups excluding carboxylic acids is 1. The molecule has 0 bridgehead atoms. The van der Waals surface area contributed by atoms with Crippen molar-refractivity contribution in [3.05, 3.63) is 52.0 Å². The molecule has 0 aliphatic carbocycles. The lowest BCUT2D eigenvalue weighted by Crippen LogP contribution is -2.37. The molecule has 3 nitrogen and oxygen atoms in total. The first-order valence-corrected chi connectivity index (χ1v) is 9.58. The summed E-state index contributed by atoms with van der Waals surface area (Å²) in [7, 11) is 0. The summed E-state index contributed by atoms with van der Waals surface area (Å²) in [6.45, 7) is 3.89. The first-order valence-electron chi connectivity index (χ1n) is 7.55. The average molecular weight is 332 g/mol. The topological polar surface area (TPSA) is 33.2 Å². The van der Waals surface area contributed by atoms with Crippen molar-refractivity contribution in [2.75, 3.05) is 24.6 Å². The van der Waals surface area contributed by atoms with E-state index in [4.69, 9.17) is 0 Å². The number of rotatable bonds is 5. The van der Waals surface area contributed by atoms with E-state index in [1.165, 1.54) is 10.6 Å². The number of carbonyl (C=O) groups is 1. The molecule has 1 aromatic heterocycles. The van der Waals surface area contributed by atoms with Gasteiger partial charge in [-0.25, -0.2) is 4.98 Å². The van der Waals surface area contributed by atoms with Gasteiger partial charge in [-0.2, -0.15) is 11.8 Å². The average Bonchev–Trinajstić information content (AvgIpc) is 3.08. The molecule has 3 rings (SSSR count). The van der Waals surface area contributed by atoms with Crippen molar-refractivity contribution >= 4 is 28.9 Å². The Hall–Kier alpha value is -1.17. The van der Waals surface area contributed by atoms with Crippen LogP contribution in [0.4, 0.5) is 0 Å². The van der Waals surface area contributed by atoms with E-state index in [1.807, 2.05) is 54.5 Å². The molecule has 2 heterocycles. The zero-order chi connectivity index (χ0) is 15.4. The highest BCUT2D eigenvalue weighted by molar-refractivity contribution is 7.99. The highest BCUT2D eigenvalue weighted by Crippen LogP contribution is 2.30. The van der Waals surface area contributed by atoms with Gasteiger partial charge in [-0.1, -0.05) is 29.8 Å². The second-order valence-corrected chi connectivity index (χ2v) is 7.61. The fourth-order valence-corrected chi connectivity index (χ4v) is 4.66. The van der Waals surface area contributed by atoms with Gasteiger partial charge >= 0.3 is 0 Å². The minimum Gasteiger partial charge on any atom is -0.294 e. The highest BCUT2D eigenvalue weighted by Gasteiger charge is 2.26. The zero-order valence-electron chi connectivity index (χ0n) is 12.7. The SMILES string of the molecule is Cc1ccc(C(=O)CCN2CCSC[C@@H]2c2nccs2)cc1. The Morgan fingerprint density at radius 3 is 2.91 bits per heavy atom. The molecule has 1 atom stereocenters. The predicted octanol–water partition coefficient (Wildman–Crippen LogP) is 3.81. The lowest BCUT2D eigenvalue weighted by Gasteiger charge is -2.33. The van der Waals surface area contributed by atoms with Crippen LogP contribution in [0.1, 0.15) is 33.4 Å². The van der Waals surface area contributed by atoms with Crippen molar-refractivity contribution in [2.24, 2.45) is 0 Å². The number of hydrogen-bond donors (Lipinski definition) is 0. The van der Waals surface area contributed by atoms with E-state index >= 15 is 0 Å². The molecular formula is C17H20N2OS2. The van der Waals surface area contributed by atoms with E-state index in [0.717, 1.165) is 30.2 Å². The van der Waals surface area contributed by atoms with Gasteiger partial charge in [0.2, 0.25) is 0 Å². The van der Waals surface area contributed by atoms with E-state index in [-0.39, 0.29) is 5.78 Å². The molecule has 1 aromatic carbocycles. The van der Waals surface area contributed by atoms with Crippen LogP contribution < -0.4 is 0 Å². The van der Waals surface area contributed by atoms with Crippen LogP contribution in [-0.2, 0) is 0 Å². The smallest absolute Gasteiger partial charge is 0.164 e. The van der Waals surface area contributed by atoms with Crippen LogP contribution in [0.5, 0.6) is 0 Å². The molecule has 1 aliphatic rings. The monoisotopic (exact) mass is 332 g/mol. The van der Waals surface area contributed by atoms with Crippen LogP contribution in [0, 0.1) is 6.92 Å². The molecule has 22 heavy (non-hydrogen) atoms. The van der Waals surface area contributed by atoms with Crippen LogP contribution >= 0.6 is 23.1 Å². The maximum atomic E-state index is 12.3. The summed E-state index contributed by atoms with van der Waals surface area (Å²) in [6.07, 6.45) is 2.45. The summed E-state index contributed by atoms with van der Waals surface area (Å²) >= 11 is 3.69. The molecular weight excluding hydrogens is 312 g/mol. The van der Waals surface area contributed by atoms with Crippen molar-refractivity contribution in [2.45, 2.75) is 19.4 Å². The van der Waals surface area contributed by atoms with Crippen molar-refractivity contribution in [1.82, 2.24) is 9.88 Å². The van der Waals surface area contributed by atoms with Gasteiger partial charge in [0.1, 0.15) is 5.01 Å². The summed E-state index contributed by atoms with van der Waals surface area (Å²) in [6, 6.07) is 8.24. The number of thiazole rings is 1. The van der Waals surface area contributed by atoms with Crippen molar-refractivity contribution in [1.29, 1.82) is 0 Å². The van der Waals surface area contributed by atoms with Crippen LogP contribution in [0.2, 0.25) is 0 Å². The number of benzene rings is 1. The van der Waals surface area contributed by atoms with Gasteiger partial charge in [0.05, 0.1) is 6.04 Å². The summed E-state index contributed by atoms with van der Waals surface area (Å²) in [5.74, 6) is 2.45. The second kappa shape index (κ2) is 7.40. The highest BCUT2D eigenvalue weighted by atomic mass is 32.2. The normalized spacial score (nSPS) is 19.2. The molecule has 2 aromatic rings. The standard InChI is InChI=1S/C17H20N2OS2/c1-13-2-4-14(5-3-13)16(20)6-8-19-9-11-21-12-15(19)17-18-7-10-22-17/h2-5,7,10,15H,6,8-9,11-12H2,1H3/t15-/m1/s1. The van der Waals surface area contributed by atoms with E-state index in [2.05, 4.69) is 9.88 Å². The third kappa shape index (κ3) is 3.77. The summed E-state index contributed by atoms with van der Waals surface area (Å²) in [5.41, 5.74) is 2.01. The van der Waals surface area contributed by atoms with E-state index in [9.17, 15) is 4.79 Å². The van der Waals surface area contributed by atoms with E-state index < -0.39 is 0 Å². The Morgan fingerprint density at radius 2 is 2.18 bits per heavy atom. The summed E-state index contributed by atoms with van der Waals surface area (Å²) in [4.78, 5) is 19.2. The number of aromatic nitrogens is 1. The Kier molecular flexibility index (Phi) is 5.28. The molecule has 0 saturated carbocycles. The van der Waals surface area contributed by atoms with Crippen molar-refractivity contribution in [3.63, 3.8) is 0 Å². The van der Waals surface area contributed by atoms with Crippen molar-refractivity contribution < 1.29 is 4.79 Å². The molecule has 0 N–H and O–H groups in total. The summed E-state index contributed by atoms with van der Waals surface area (Å²) < 4.78 is 0. The third-order valence-electron chi connectivity index (χ3n) is 3.98. The maximum Gasteiger partial charge on any atom is 0.164 e. The van der Waals surface area contributed by atoms with Crippen LogP contribution in [-0.4, -0.2) is 40.3 Å². The number of aryl methyl sites for hydroxylation is 1. The molecule has 5 heteroatoms. The molecule has 0 unspecified atom stereocenters. The molecule has 1 saturated heterocycles. The fraction of sp³-hybridized carbons (Fsp3) is 0.412. The third-order valence-corrected chi connectivity index (χ3v) is 5.87. The number of nitrogens with zero attached hydrogens (tertiary/aromatic N) is 2. The Labute approximate surface area is 139 Å². The number of hydrogen-bond acceptors (Lipinski definition) is 5. The summed E-state index contributed by atoms with van der Waals surface area (Å²) in [5, 5.41) is 3.21. The Bertz CT molecular complexity index is 610. The molecule has 0 spiro atoms. The minimum atomic E-state index is 0.233. The molecule has 1 fully saturated rings. The van der Waals surface area contributed by atoms with E-state index in [0.29, 0.717) is 12.5 Å². The lowest BCUT2D eigenvalue weighted by atomic mass is 10.1. The minimum absolute atomic E-state index is 0.233. The van der Waals surface area contributed by atoms with Crippen LogP contribution in [0.25, 0.3) is 0 Å². The number of Topliss-reactive ketones (excluding diaryl/α,β-unsaturated/α-hetero) is 1. The van der Waals surface area contributed by atoms with Gasteiger partial charge in [0.25, 0.3) is 0 Å². The zero-order valence-corrected chi connectivity index (χ0v) is 14.3. The van der Waals surface area contributed by atoms with Crippen LogP contribution in [0.3, 0.4) is 0 Å². The Morgan fingerprint density at radius 1 is 1.36 bits per heavy atom. The molecule has 1 aliphatic heterocycles. The van der Waals surface area contributed by atoms with Gasteiger partial charge in [-0.05, 0) is 6.92 Å². The molecule has 116 valence electrons. The lowest BCUT2D eigenvalue weighted by molar-refractivity contribution is 0.0954. The van der Waals surface area contributed by atoms with Crippen molar-refractivity contribution in [3.8, 4) is 0 Å². The second-order valence-electron chi connectivity index (χ2n) is 5.54. The Balaban J connectivity index is 1.61. The van der Waals surface area contributed by atoms with Gasteiger partial charge in [0, 0.05) is 48.2 Å². The van der Waals surface area contributed by atoms with Gasteiger partial charge in [-0.15, -0.1) is 11.3 Å².